The molecule has 2 aromatic rings. The summed E-state index contributed by atoms with van der Waals surface area (Å²) >= 11 is 0. The molecule has 0 heterocycles. The number of rotatable bonds is 5. The van der Waals surface area contributed by atoms with Crippen molar-refractivity contribution in [1.82, 2.24) is 0 Å². The lowest BCUT2D eigenvalue weighted by molar-refractivity contribution is -0.144. The highest BCUT2D eigenvalue weighted by Crippen LogP contribution is 2.37. The van der Waals surface area contributed by atoms with Crippen molar-refractivity contribution in [2.45, 2.75) is 19.1 Å². The third-order valence-corrected chi connectivity index (χ3v) is 2.95. The van der Waals surface area contributed by atoms with Gasteiger partial charge in [-0.3, -0.25) is 0 Å². The van der Waals surface area contributed by atoms with Crippen molar-refractivity contribution in [3.8, 4) is 5.75 Å². The van der Waals surface area contributed by atoms with Gasteiger partial charge in [0.1, 0.15) is 11.8 Å². The molecule has 1 N–H and O–H groups in total. The summed E-state index contributed by atoms with van der Waals surface area (Å²) in [7, 11) is 0. The molecule has 2 aromatic carbocycles. The molecule has 1 unspecified atom stereocenters. The minimum Gasteiger partial charge on any atom is -0.492 e. The fourth-order valence-corrected chi connectivity index (χ4v) is 2.02. The van der Waals surface area contributed by atoms with Gasteiger partial charge < -0.3 is 10.1 Å². The molecule has 0 amide bonds. The second kappa shape index (κ2) is 6.52. The lowest BCUT2D eigenvalue weighted by atomic mass is 10.1. The summed E-state index contributed by atoms with van der Waals surface area (Å²) in [4.78, 5) is 0. The van der Waals surface area contributed by atoms with Gasteiger partial charge in [-0.2, -0.15) is 13.2 Å². The van der Waals surface area contributed by atoms with Gasteiger partial charge in [0.25, 0.3) is 0 Å². The zero-order chi connectivity index (χ0) is 15.3. The number of halogens is 3. The first kappa shape index (κ1) is 15.2. The van der Waals surface area contributed by atoms with E-state index in [9.17, 15) is 13.2 Å². The van der Waals surface area contributed by atoms with Gasteiger partial charge in [0.05, 0.1) is 12.3 Å². The van der Waals surface area contributed by atoms with Gasteiger partial charge in [0.15, 0.2) is 0 Å². The van der Waals surface area contributed by atoms with E-state index in [0.29, 0.717) is 18.0 Å². The molecule has 5 heteroatoms. The molecule has 0 saturated heterocycles. The second-order valence-corrected chi connectivity index (χ2v) is 4.46. The van der Waals surface area contributed by atoms with Crippen molar-refractivity contribution in [1.29, 1.82) is 0 Å². The van der Waals surface area contributed by atoms with Crippen LogP contribution >= 0.6 is 0 Å². The normalized spacial score (nSPS) is 12.8. The van der Waals surface area contributed by atoms with E-state index in [4.69, 9.17) is 4.74 Å². The van der Waals surface area contributed by atoms with Crippen LogP contribution in [0, 0.1) is 0 Å². The quantitative estimate of drug-likeness (QED) is 0.855. The second-order valence-electron chi connectivity index (χ2n) is 4.46. The van der Waals surface area contributed by atoms with Crippen molar-refractivity contribution in [3.63, 3.8) is 0 Å². The topological polar surface area (TPSA) is 21.3 Å². The summed E-state index contributed by atoms with van der Waals surface area (Å²) in [5.41, 5.74) is 0.488. The summed E-state index contributed by atoms with van der Waals surface area (Å²) < 4.78 is 45.3. The Hall–Kier alpha value is -2.17. The van der Waals surface area contributed by atoms with Crippen LogP contribution in [0.3, 0.4) is 0 Å². The highest BCUT2D eigenvalue weighted by molar-refractivity contribution is 5.57. The van der Waals surface area contributed by atoms with Gasteiger partial charge in [0, 0.05) is 0 Å². The molecule has 0 radical (unpaired) electrons. The summed E-state index contributed by atoms with van der Waals surface area (Å²) in [6.45, 7) is 2.18. The van der Waals surface area contributed by atoms with Gasteiger partial charge in [-0.05, 0) is 24.6 Å². The van der Waals surface area contributed by atoms with E-state index in [1.807, 2.05) is 0 Å². The number of benzene rings is 2. The van der Waals surface area contributed by atoms with E-state index >= 15 is 0 Å². The molecular formula is C16H16F3NO. The largest absolute Gasteiger partial charge is 0.492 e. The van der Waals surface area contributed by atoms with Crippen molar-refractivity contribution in [2.24, 2.45) is 0 Å². The lowest BCUT2D eigenvalue weighted by Crippen LogP contribution is -2.28. The maximum absolute atomic E-state index is 13.3. The Morgan fingerprint density at radius 1 is 1.00 bits per heavy atom. The first-order chi connectivity index (χ1) is 10.0. The van der Waals surface area contributed by atoms with Gasteiger partial charge in [0.2, 0.25) is 0 Å². The van der Waals surface area contributed by atoms with Crippen molar-refractivity contribution in [2.75, 3.05) is 11.9 Å². The van der Waals surface area contributed by atoms with Crippen LogP contribution < -0.4 is 10.1 Å². The van der Waals surface area contributed by atoms with E-state index in [-0.39, 0.29) is 5.56 Å². The Labute approximate surface area is 121 Å². The molecule has 0 aliphatic heterocycles. The molecule has 21 heavy (non-hydrogen) atoms. The minimum absolute atomic E-state index is 0.163. The number of hydrogen-bond donors (Lipinski definition) is 1. The van der Waals surface area contributed by atoms with Gasteiger partial charge in [-0.1, -0.05) is 42.5 Å². The monoisotopic (exact) mass is 295 g/mol. The van der Waals surface area contributed by atoms with Crippen molar-refractivity contribution < 1.29 is 17.9 Å². The van der Waals surface area contributed by atoms with Crippen molar-refractivity contribution >= 4 is 5.69 Å². The smallest absolute Gasteiger partial charge is 0.412 e. The fraction of sp³-hybridized carbons (Fsp3) is 0.250. The first-order valence-electron chi connectivity index (χ1n) is 6.62. The molecule has 0 bridgehead atoms. The SMILES string of the molecule is CCOc1ccccc1NC(c1ccccc1)C(F)(F)F. The molecule has 0 aromatic heterocycles. The fourth-order valence-electron chi connectivity index (χ4n) is 2.02. The highest BCUT2D eigenvalue weighted by Gasteiger charge is 2.41. The van der Waals surface area contributed by atoms with Gasteiger partial charge in [-0.15, -0.1) is 0 Å². The first-order valence-corrected chi connectivity index (χ1v) is 6.62. The Morgan fingerprint density at radius 2 is 1.62 bits per heavy atom. The Balaban J connectivity index is 2.33. The standard InChI is InChI=1S/C16H16F3NO/c1-2-21-14-11-7-6-10-13(14)20-15(16(17,18)19)12-8-4-3-5-9-12/h3-11,15,20H,2H2,1H3. The molecule has 2 nitrogen and oxygen atoms in total. The van der Waals surface area contributed by atoms with E-state index in [2.05, 4.69) is 5.32 Å². The Morgan fingerprint density at radius 3 is 2.24 bits per heavy atom. The number of anilines is 1. The van der Waals surface area contributed by atoms with E-state index in [0.717, 1.165) is 0 Å². The molecule has 0 aliphatic rings. The predicted molar refractivity (Wildman–Crippen MR) is 76.5 cm³/mol. The zero-order valence-corrected chi connectivity index (χ0v) is 11.5. The van der Waals surface area contributed by atoms with E-state index in [1.54, 1.807) is 49.4 Å². The lowest BCUT2D eigenvalue weighted by Gasteiger charge is -2.24. The zero-order valence-electron chi connectivity index (χ0n) is 11.5. The number of alkyl halides is 3. The Kier molecular flexibility index (Phi) is 4.73. The van der Waals surface area contributed by atoms with Crippen LogP contribution in [0.2, 0.25) is 0 Å². The van der Waals surface area contributed by atoms with Crippen LogP contribution in [0.5, 0.6) is 5.75 Å². The highest BCUT2D eigenvalue weighted by atomic mass is 19.4. The third-order valence-electron chi connectivity index (χ3n) is 2.95. The number of ether oxygens (including phenoxy) is 1. The molecule has 2 rings (SSSR count). The summed E-state index contributed by atoms with van der Waals surface area (Å²) in [6, 6.07) is 12.6. The van der Waals surface area contributed by atoms with Crippen LogP contribution in [0.1, 0.15) is 18.5 Å². The predicted octanol–water partition coefficient (Wildman–Crippen LogP) is 4.80. The molecule has 0 saturated carbocycles. The third kappa shape index (κ3) is 3.90. The molecule has 0 spiro atoms. The summed E-state index contributed by atoms with van der Waals surface area (Å²) in [5, 5.41) is 2.54. The van der Waals surface area contributed by atoms with Crippen LogP contribution in [-0.2, 0) is 0 Å². The van der Waals surface area contributed by atoms with E-state index in [1.165, 1.54) is 12.1 Å². The number of para-hydroxylation sites is 2. The molecule has 112 valence electrons. The summed E-state index contributed by atoms with van der Waals surface area (Å²) in [5.74, 6) is 0.408. The maximum atomic E-state index is 13.3. The van der Waals surface area contributed by atoms with Crippen LogP contribution in [-0.4, -0.2) is 12.8 Å². The van der Waals surface area contributed by atoms with Crippen LogP contribution in [0.15, 0.2) is 54.6 Å². The van der Waals surface area contributed by atoms with Gasteiger partial charge >= 0.3 is 6.18 Å². The minimum atomic E-state index is -4.40. The molecule has 0 fully saturated rings. The van der Waals surface area contributed by atoms with E-state index < -0.39 is 12.2 Å². The molecule has 1 atom stereocenters. The van der Waals surface area contributed by atoms with Crippen LogP contribution in [0.4, 0.5) is 18.9 Å². The molecule has 0 aliphatic carbocycles. The maximum Gasteiger partial charge on any atom is 0.412 e. The average molecular weight is 295 g/mol. The number of nitrogens with one attached hydrogen (secondary N) is 1. The summed E-state index contributed by atoms with van der Waals surface area (Å²) in [6.07, 6.45) is -4.40. The van der Waals surface area contributed by atoms with Crippen LogP contribution in [0.25, 0.3) is 0 Å². The number of hydrogen-bond acceptors (Lipinski definition) is 2. The van der Waals surface area contributed by atoms with Crippen molar-refractivity contribution in [3.05, 3.63) is 60.2 Å². The van der Waals surface area contributed by atoms with Gasteiger partial charge in [-0.25, -0.2) is 0 Å². The average Bonchev–Trinajstić information content (AvgIpc) is 2.46. The Bertz CT molecular complexity index is 569. The molecular weight excluding hydrogens is 279 g/mol.